The maximum Gasteiger partial charge on any atom is 0.250 e. The number of rotatable bonds is 5. The van der Waals surface area contributed by atoms with Crippen molar-refractivity contribution < 1.29 is 8.78 Å². The Labute approximate surface area is 99.8 Å². The highest BCUT2D eigenvalue weighted by atomic mass is 19.3. The van der Waals surface area contributed by atoms with Crippen molar-refractivity contribution in [1.82, 2.24) is 5.32 Å². The van der Waals surface area contributed by atoms with Crippen LogP contribution in [0.15, 0.2) is 29.3 Å². The first-order chi connectivity index (χ1) is 8.25. The topological polar surface area (TPSA) is 24.4 Å². The van der Waals surface area contributed by atoms with E-state index in [4.69, 9.17) is 0 Å². The minimum Gasteiger partial charge on any atom is -0.311 e. The fraction of sp³-hybridized carbons (Fsp3) is 0.462. The highest BCUT2D eigenvalue weighted by molar-refractivity contribution is 5.83. The van der Waals surface area contributed by atoms with E-state index in [2.05, 4.69) is 16.4 Å². The Morgan fingerprint density at radius 1 is 1.35 bits per heavy atom. The average molecular weight is 238 g/mol. The fourth-order valence-electron chi connectivity index (χ4n) is 1.99. The van der Waals surface area contributed by atoms with Crippen LogP contribution in [0.2, 0.25) is 0 Å². The lowest BCUT2D eigenvalue weighted by atomic mass is 9.96. The Bertz CT molecular complexity index is 391. The molecule has 1 aliphatic heterocycles. The zero-order valence-electron chi connectivity index (χ0n) is 9.57. The average Bonchev–Trinajstić information content (AvgIpc) is 2.34. The minimum atomic E-state index is -2.27. The SMILES string of the molecule is FC(F)CNCC[C@@H]1Cc2ccccc2C=N1. The predicted molar refractivity (Wildman–Crippen MR) is 65.0 cm³/mol. The van der Waals surface area contributed by atoms with Gasteiger partial charge in [0.15, 0.2) is 0 Å². The van der Waals surface area contributed by atoms with Crippen molar-refractivity contribution in [3.8, 4) is 0 Å². The van der Waals surface area contributed by atoms with Gasteiger partial charge < -0.3 is 5.32 Å². The van der Waals surface area contributed by atoms with Crippen molar-refractivity contribution in [2.24, 2.45) is 4.99 Å². The second-order valence-corrected chi connectivity index (χ2v) is 4.22. The van der Waals surface area contributed by atoms with E-state index < -0.39 is 6.43 Å². The second kappa shape index (κ2) is 5.87. The van der Waals surface area contributed by atoms with Crippen LogP contribution in [-0.4, -0.2) is 31.8 Å². The smallest absolute Gasteiger partial charge is 0.250 e. The first-order valence-corrected chi connectivity index (χ1v) is 5.85. The molecule has 1 aromatic rings. The maximum atomic E-state index is 11.9. The van der Waals surface area contributed by atoms with Gasteiger partial charge in [-0.3, -0.25) is 4.99 Å². The largest absolute Gasteiger partial charge is 0.311 e. The van der Waals surface area contributed by atoms with E-state index in [1.165, 1.54) is 11.1 Å². The molecule has 1 aliphatic rings. The van der Waals surface area contributed by atoms with Crippen LogP contribution in [0.25, 0.3) is 0 Å². The third-order valence-electron chi connectivity index (χ3n) is 2.89. The zero-order chi connectivity index (χ0) is 12.1. The van der Waals surface area contributed by atoms with Gasteiger partial charge in [0.2, 0.25) is 0 Å². The number of nitrogens with one attached hydrogen (secondary N) is 1. The van der Waals surface area contributed by atoms with Gasteiger partial charge in [0.1, 0.15) is 0 Å². The van der Waals surface area contributed by atoms with Gasteiger partial charge >= 0.3 is 0 Å². The summed E-state index contributed by atoms with van der Waals surface area (Å²) in [6.07, 6.45) is 1.32. The van der Waals surface area contributed by atoms with Crippen molar-refractivity contribution in [2.75, 3.05) is 13.1 Å². The van der Waals surface area contributed by atoms with E-state index in [-0.39, 0.29) is 12.6 Å². The Morgan fingerprint density at radius 2 is 2.18 bits per heavy atom. The molecule has 0 aliphatic carbocycles. The zero-order valence-corrected chi connectivity index (χ0v) is 9.57. The van der Waals surface area contributed by atoms with Gasteiger partial charge in [0.05, 0.1) is 12.6 Å². The molecule has 0 saturated carbocycles. The summed E-state index contributed by atoms with van der Waals surface area (Å²) in [5.41, 5.74) is 2.46. The van der Waals surface area contributed by atoms with Gasteiger partial charge in [-0.1, -0.05) is 24.3 Å². The van der Waals surface area contributed by atoms with Crippen LogP contribution in [0.4, 0.5) is 8.78 Å². The Morgan fingerprint density at radius 3 is 3.00 bits per heavy atom. The summed E-state index contributed by atoms with van der Waals surface area (Å²) in [6, 6.07) is 8.37. The molecule has 0 unspecified atom stereocenters. The van der Waals surface area contributed by atoms with E-state index in [1.807, 2.05) is 24.4 Å². The fourth-order valence-corrected chi connectivity index (χ4v) is 1.99. The van der Waals surface area contributed by atoms with Crippen LogP contribution in [0, 0.1) is 0 Å². The molecular weight excluding hydrogens is 222 g/mol. The third kappa shape index (κ3) is 3.60. The molecule has 0 amide bonds. The molecule has 1 atom stereocenters. The first kappa shape index (κ1) is 12.2. The number of nitrogens with zero attached hydrogens (tertiary/aromatic N) is 1. The maximum absolute atomic E-state index is 11.9. The van der Waals surface area contributed by atoms with E-state index in [0.29, 0.717) is 6.54 Å². The van der Waals surface area contributed by atoms with Crippen molar-refractivity contribution in [1.29, 1.82) is 0 Å². The molecule has 1 N–H and O–H groups in total. The van der Waals surface area contributed by atoms with Crippen molar-refractivity contribution in [2.45, 2.75) is 25.3 Å². The molecule has 2 nitrogen and oxygen atoms in total. The number of benzene rings is 1. The third-order valence-corrected chi connectivity index (χ3v) is 2.89. The standard InChI is InChI=1S/C13H16F2N2/c14-13(15)9-16-6-5-12-7-10-3-1-2-4-11(10)8-17-12/h1-4,8,12-13,16H,5-7,9H2/t12-/m1/s1. The Kier molecular flexibility index (Phi) is 4.20. The van der Waals surface area contributed by atoms with Crippen LogP contribution in [-0.2, 0) is 6.42 Å². The lowest BCUT2D eigenvalue weighted by Crippen LogP contribution is -2.26. The molecule has 92 valence electrons. The summed E-state index contributed by atoms with van der Waals surface area (Å²) in [7, 11) is 0. The molecule has 0 spiro atoms. The number of hydrogen-bond donors (Lipinski definition) is 1. The number of alkyl halides is 2. The van der Waals surface area contributed by atoms with Crippen LogP contribution >= 0.6 is 0 Å². The molecule has 2 rings (SSSR count). The molecule has 0 saturated heterocycles. The molecule has 0 bridgehead atoms. The van der Waals surface area contributed by atoms with E-state index >= 15 is 0 Å². The molecule has 1 heterocycles. The van der Waals surface area contributed by atoms with Gasteiger partial charge in [-0.05, 0) is 30.5 Å². The summed E-state index contributed by atoms with van der Waals surface area (Å²) in [5, 5.41) is 2.73. The predicted octanol–water partition coefficient (Wildman–Crippen LogP) is 2.28. The molecule has 17 heavy (non-hydrogen) atoms. The highest BCUT2D eigenvalue weighted by Gasteiger charge is 2.14. The Hall–Kier alpha value is -1.29. The van der Waals surface area contributed by atoms with Crippen molar-refractivity contribution in [3.05, 3.63) is 35.4 Å². The van der Waals surface area contributed by atoms with Crippen LogP contribution in [0.1, 0.15) is 17.5 Å². The molecular formula is C13H16F2N2. The van der Waals surface area contributed by atoms with Gasteiger partial charge in [-0.15, -0.1) is 0 Å². The van der Waals surface area contributed by atoms with Crippen molar-refractivity contribution >= 4 is 6.21 Å². The summed E-state index contributed by atoms with van der Waals surface area (Å²) < 4.78 is 23.8. The summed E-state index contributed by atoms with van der Waals surface area (Å²) >= 11 is 0. The number of aliphatic imine (C=N–C) groups is 1. The Balaban J connectivity index is 1.79. The number of halogens is 2. The quantitative estimate of drug-likeness (QED) is 0.782. The minimum absolute atomic E-state index is 0.218. The van der Waals surface area contributed by atoms with Gasteiger partial charge in [0.25, 0.3) is 6.43 Å². The molecule has 0 radical (unpaired) electrons. The van der Waals surface area contributed by atoms with Gasteiger partial charge in [-0.2, -0.15) is 0 Å². The second-order valence-electron chi connectivity index (χ2n) is 4.22. The van der Waals surface area contributed by atoms with Crippen LogP contribution in [0.5, 0.6) is 0 Å². The first-order valence-electron chi connectivity index (χ1n) is 5.85. The number of fused-ring (bicyclic) bond motifs is 1. The van der Waals surface area contributed by atoms with E-state index in [0.717, 1.165) is 12.8 Å². The van der Waals surface area contributed by atoms with Gasteiger partial charge in [0, 0.05) is 6.21 Å². The summed E-state index contributed by atoms with van der Waals surface area (Å²) in [5.74, 6) is 0. The molecule has 4 heteroatoms. The van der Waals surface area contributed by atoms with Crippen LogP contribution < -0.4 is 5.32 Å². The van der Waals surface area contributed by atoms with E-state index in [9.17, 15) is 8.78 Å². The number of hydrogen-bond acceptors (Lipinski definition) is 2. The monoisotopic (exact) mass is 238 g/mol. The van der Waals surface area contributed by atoms with Crippen molar-refractivity contribution in [3.63, 3.8) is 0 Å². The van der Waals surface area contributed by atoms with E-state index in [1.54, 1.807) is 0 Å². The van der Waals surface area contributed by atoms with Gasteiger partial charge in [-0.25, -0.2) is 8.78 Å². The summed E-state index contributed by atoms with van der Waals surface area (Å²) in [6.45, 7) is 0.363. The summed E-state index contributed by atoms with van der Waals surface area (Å²) in [4.78, 5) is 4.43. The highest BCUT2D eigenvalue weighted by Crippen LogP contribution is 2.17. The molecule has 0 aromatic heterocycles. The van der Waals surface area contributed by atoms with Crippen LogP contribution in [0.3, 0.4) is 0 Å². The lowest BCUT2D eigenvalue weighted by molar-refractivity contribution is 0.146. The lowest BCUT2D eigenvalue weighted by Gasteiger charge is -2.18. The molecule has 0 fully saturated rings. The molecule has 1 aromatic carbocycles. The normalized spacial score (nSPS) is 18.4.